The van der Waals surface area contributed by atoms with Gasteiger partial charge < -0.3 is 10.1 Å². The number of Topliss-reactive ketones (excluding diaryl/α,β-unsaturated/α-hetero) is 1. The molecule has 4 nitrogen and oxygen atoms in total. The first kappa shape index (κ1) is 16.7. The van der Waals surface area contributed by atoms with Crippen molar-refractivity contribution >= 4 is 23.0 Å². The number of carbonyl (C=O) groups excluding carboxylic acids is 2. The topological polar surface area (TPSA) is 55.4 Å². The highest BCUT2D eigenvalue weighted by Gasteiger charge is 2.18. The van der Waals surface area contributed by atoms with Gasteiger partial charge in [-0.05, 0) is 54.3 Å². The Kier molecular flexibility index (Phi) is 5.30. The van der Waals surface area contributed by atoms with Gasteiger partial charge in [0.1, 0.15) is 5.75 Å². The van der Waals surface area contributed by atoms with Crippen LogP contribution in [-0.2, 0) is 17.6 Å². The third kappa shape index (κ3) is 4.23. The van der Waals surface area contributed by atoms with Crippen LogP contribution in [0.2, 0.25) is 0 Å². The lowest BCUT2D eigenvalue weighted by molar-refractivity contribution is -0.120. The molecule has 2 aromatic rings. The summed E-state index contributed by atoms with van der Waals surface area (Å²) in [5.74, 6) is 1.39. The first-order valence-corrected chi connectivity index (χ1v) is 9.05. The number of ketones is 1. The molecule has 0 radical (unpaired) electrons. The smallest absolute Gasteiger partial charge is 0.224 e. The van der Waals surface area contributed by atoms with Crippen LogP contribution in [0.1, 0.15) is 34.1 Å². The van der Waals surface area contributed by atoms with Crippen LogP contribution in [0, 0.1) is 5.92 Å². The van der Waals surface area contributed by atoms with Crippen molar-refractivity contribution in [3.05, 3.63) is 51.7 Å². The molecule has 1 N–H and O–H groups in total. The number of ether oxygens (including phenoxy) is 1. The van der Waals surface area contributed by atoms with E-state index in [-0.39, 0.29) is 11.7 Å². The molecule has 24 heavy (non-hydrogen) atoms. The molecule has 0 bridgehead atoms. The minimum atomic E-state index is 0.00125. The van der Waals surface area contributed by atoms with Gasteiger partial charge in [0.05, 0.1) is 17.9 Å². The molecule has 2 heterocycles. The molecule has 1 aromatic heterocycles. The Morgan fingerprint density at radius 3 is 2.96 bits per heavy atom. The molecule has 0 saturated carbocycles. The van der Waals surface area contributed by atoms with Gasteiger partial charge >= 0.3 is 0 Å². The third-order valence-corrected chi connectivity index (χ3v) is 5.30. The summed E-state index contributed by atoms with van der Waals surface area (Å²) in [7, 11) is 0. The molecular formula is C19H21NO3S. The maximum atomic E-state index is 12.1. The van der Waals surface area contributed by atoms with Crippen molar-refractivity contribution in [1.82, 2.24) is 5.32 Å². The minimum absolute atomic E-state index is 0.00125. The van der Waals surface area contributed by atoms with Gasteiger partial charge in [-0.15, -0.1) is 11.3 Å². The van der Waals surface area contributed by atoms with Crippen molar-refractivity contribution in [2.75, 3.05) is 13.2 Å². The number of fused-ring (bicyclic) bond motifs is 1. The lowest BCUT2D eigenvalue weighted by atomic mass is 9.97. The Bertz CT molecular complexity index is 738. The van der Waals surface area contributed by atoms with Crippen LogP contribution in [0.15, 0.2) is 35.7 Å². The monoisotopic (exact) mass is 343 g/mol. The van der Waals surface area contributed by atoms with Crippen LogP contribution < -0.4 is 10.1 Å². The van der Waals surface area contributed by atoms with Gasteiger partial charge in [-0.2, -0.15) is 0 Å². The zero-order valence-electron chi connectivity index (χ0n) is 13.7. The fraction of sp³-hybridized carbons (Fsp3) is 0.368. The van der Waals surface area contributed by atoms with Crippen LogP contribution in [0.5, 0.6) is 5.75 Å². The maximum Gasteiger partial charge on any atom is 0.224 e. The van der Waals surface area contributed by atoms with E-state index < -0.39 is 0 Å². The summed E-state index contributed by atoms with van der Waals surface area (Å²) in [5, 5.41) is 4.90. The predicted octanol–water partition coefficient (Wildman–Crippen LogP) is 3.25. The van der Waals surface area contributed by atoms with Crippen LogP contribution in [0.3, 0.4) is 0 Å². The number of hydrogen-bond donors (Lipinski definition) is 1. The summed E-state index contributed by atoms with van der Waals surface area (Å²) < 4.78 is 5.76. The second kappa shape index (κ2) is 7.62. The second-order valence-electron chi connectivity index (χ2n) is 6.17. The SMILES string of the molecule is CC(=O)c1cc(CC(=O)NC[C@H]2CCOc3ccccc3C2)cs1. The number of carbonyl (C=O) groups is 2. The molecule has 126 valence electrons. The van der Waals surface area contributed by atoms with Gasteiger partial charge in [-0.1, -0.05) is 18.2 Å². The quantitative estimate of drug-likeness (QED) is 0.848. The van der Waals surface area contributed by atoms with Crippen molar-refractivity contribution < 1.29 is 14.3 Å². The number of thiophene rings is 1. The molecule has 1 amide bonds. The van der Waals surface area contributed by atoms with E-state index in [1.54, 1.807) is 6.92 Å². The van der Waals surface area contributed by atoms with Gasteiger partial charge in [-0.3, -0.25) is 9.59 Å². The number of rotatable bonds is 5. The molecule has 5 heteroatoms. The van der Waals surface area contributed by atoms with Gasteiger partial charge in [0.15, 0.2) is 5.78 Å². The highest BCUT2D eigenvalue weighted by Crippen LogP contribution is 2.26. The summed E-state index contributed by atoms with van der Waals surface area (Å²) in [5.41, 5.74) is 2.11. The number of benzene rings is 1. The first-order chi connectivity index (χ1) is 11.6. The predicted molar refractivity (Wildman–Crippen MR) is 94.8 cm³/mol. The number of amides is 1. The van der Waals surface area contributed by atoms with E-state index in [1.807, 2.05) is 29.6 Å². The fourth-order valence-electron chi connectivity index (χ4n) is 2.90. The van der Waals surface area contributed by atoms with Gasteiger partial charge in [-0.25, -0.2) is 0 Å². The Morgan fingerprint density at radius 2 is 2.17 bits per heavy atom. The summed E-state index contributed by atoms with van der Waals surface area (Å²) >= 11 is 1.39. The van der Waals surface area contributed by atoms with E-state index in [1.165, 1.54) is 16.9 Å². The lowest BCUT2D eigenvalue weighted by Crippen LogP contribution is -2.31. The van der Waals surface area contributed by atoms with E-state index in [4.69, 9.17) is 4.74 Å². The summed E-state index contributed by atoms with van der Waals surface area (Å²) in [6.07, 6.45) is 2.18. The van der Waals surface area contributed by atoms with E-state index >= 15 is 0 Å². The molecule has 1 aliphatic rings. The highest BCUT2D eigenvalue weighted by atomic mass is 32.1. The van der Waals surface area contributed by atoms with Crippen LogP contribution >= 0.6 is 11.3 Å². The van der Waals surface area contributed by atoms with Gasteiger partial charge in [0, 0.05) is 6.54 Å². The molecule has 0 aliphatic carbocycles. The molecule has 3 rings (SSSR count). The molecule has 0 spiro atoms. The average Bonchev–Trinajstić information content (AvgIpc) is 2.92. The van der Waals surface area contributed by atoms with Crippen LogP contribution in [0.4, 0.5) is 0 Å². The molecule has 1 atom stereocenters. The van der Waals surface area contributed by atoms with Crippen molar-refractivity contribution in [1.29, 1.82) is 0 Å². The van der Waals surface area contributed by atoms with Crippen LogP contribution in [0.25, 0.3) is 0 Å². The zero-order chi connectivity index (χ0) is 16.9. The normalized spacial score (nSPS) is 16.6. The number of nitrogens with one attached hydrogen (secondary N) is 1. The van der Waals surface area contributed by atoms with E-state index in [0.29, 0.717) is 30.4 Å². The molecule has 0 saturated heterocycles. The van der Waals surface area contributed by atoms with Crippen molar-refractivity contribution in [3.63, 3.8) is 0 Å². The molecule has 0 unspecified atom stereocenters. The Labute approximate surface area is 145 Å². The number of hydrogen-bond acceptors (Lipinski definition) is 4. The average molecular weight is 343 g/mol. The van der Waals surface area contributed by atoms with Gasteiger partial charge in [0.2, 0.25) is 5.91 Å². The van der Waals surface area contributed by atoms with Gasteiger partial charge in [0.25, 0.3) is 0 Å². The molecular weight excluding hydrogens is 322 g/mol. The molecule has 1 aromatic carbocycles. The van der Waals surface area contributed by atoms with E-state index in [0.717, 1.165) is 24.2 Å². The molecule has 0 fully saturated rings. The lowest BCUT2D eigenvalue weighted by Gasteiger charge is -2.14. The summed E-state index contributed by atoms with van der Waals surface area (Å²) in [6.45, 7) is 2.88. The maximum absolute atomic E-state index is 12.1. The highest BCUT2D eigenvalue weighted by molar-refractivity contribution is 7.12. The van der Waals surface area contributed by atoms with E-state index in [9.17, 15) is 9.59 Å². The third-order valence-electron chi connectivity index (χ3n) is 4.22. The Morgan fingerprint density at radius 1 is 1.33 bits per heavy atom. The standard InChI is InChI=1S/C19H21NO3S/c1-13(21)18-9-15(12-24-18)10-19(22)20-11-14-6-7-23-17-5-3-2-4-16(17)8-14/h2-5,9,12,14H,6-8,10-11H2,1H3,(H,20,22)/t14-/m0/s1. The van der Waals surface area contributed by atoms with Crippen molar-refractivity contribution in [2.45, 2.75) is 26.2 Å². The first-order valence-electron chi connectivity index (χ1n) is 8.17. The van der Waals surface area contributed by atoms with Crippen molar-refractivity contribution in [2.24, 2.45) is 5.92 Å². The summed E-state index contributed by atoms with van der Waals surface area (Å²) in [6, 6.07) is 9.90. The Hall–Kier alpha value is -2.14. The fourth-order valence-corrected chi connectivity index (χ4v) is 3.71. The minimum Gasteiger partial charge on any atom is -0.493 e. The van der Waals surface area contributed by atoms with Crippen molar-refractivity contribution in [3.8, 4) is 5.75 Å². The number of para-hydroxylation sites is 1. The zero-order valence-corrected chi connectivity index (χ0v) is 14.5. The molecule has 1 aliphatic heterocycles. The van der Waals surface area contributed by atoms with Crippen LogP contribution in [-0.4, -0.2) is 24.8 Å². The second-order valence-corrected chi connectivity index (χ2v) is 7.08. The summed E-state index contributed by atoms with van der Waals surface area (Å²) in [4.78, 5) is 24.2. The largest absolute Gasteiger partial charge is 0.493 e. The Balaban J connectivity index is 1.51. The van der Waals surface area contributed by atoms with E-state index in [2.05, 4.69) is 11.4 Å².